The van der Waals surface area contributed by atoms with Crippen LogP contribution in [0.5, 0.6) is 17.2 Å². The van der Waals surface area contributed by atoms with E-state index in [4.69, 9.17) is 14.2 Å². The molecule has 0 aromatic heterocycles. The lowest BCUT2D eigenvalue weighted by Crippen LogP contribution is -2.48. The second-order valence-electron chi connectivity index (χ2n) is 7.67. The maximum Gasteiger partial charge on any atom is 0.243 e. The Morgan fingerprint density at radius 3 is 2.09 bits per heavy atom. The first kappa shape index (κ1) is 28.2. The van der Waals surface area contributed by atoms with Crippen molar-refractivity contribution in [3.8, 4) is 17.2 Å². The van der Waals surface area contributed by atoms with Crippen LogP contribution < -0.4 is 23.8 Å². The lowest BCUT2D eigenvalue weighted by molar-refractivity contribution is -0.121. The standard InChI is InChI=1S/C22H31N3O8S2/c1-16(25(34(6,27)28)17-7-12-20(31-4)21(15-17)32-5)22(26)23-13-14-33-18-8-10-19(11-9-18)35(29,30)24(2)3/h7-12,15-16H,13-14H2,1-6H3,(H,23,26). The Morgan fingerprint density at radius 2 is 1.57 bits per heavy atom. The second-order valence-corrected chi connectivity index (χ2v) is 11.7. The van der Waals surface area contributed by atoms with E-state index in [1.807, 2.05) is 0 Å². The van der Waals surface area contributed by atoms with Crippen LogP contribution in [0.15, 0.2) is 47.4 Å². The summed E-state index contributed by atoms with van der Waals surface area (Å²) in [6.07, 6.45) is 1.01. The minimum atomic E-state index is -3.81. The fourth-order valence-electron chi connectivity index (χ4n) is 3.18. The SMILES string of the molecule is COc1ccc(N(C(C)C(=O)NCCOc2ccc(S(=O)(=O)N(C)C)cc2)S(C)(=O)=O)cc1OC. The molecule has 13 heteroatoms. The highest BCUT2D eigenvalue weighted by Crippen LogP contribution is 2.33. The molecule has 35 heavy (non-hydrogen) atoms. The van der Waals surface area contributed by atoms with Gasteiger partial charge in [-0.05, 0) is 43.3 Å². The molecule has 1 atom stereocenters. The molecule has 0 fully saturated rings. The summed E-state index contributed by atoms with van der Waals surface area (Å²) in [5.41, 5.74) is 0.247. The Hall–Kier alpha value is -3.03. The molecule has 0 spiro atoms. The zero-order valence-corrected chi connectivity index (χ0v) is 22.1. The number of ether oxygens (including phenoxy) is 3. The normalized spacial score (nSPS) is 12.7. The molecule has 0 aliphatic rings. The van der Waals surface area contributed by atoms with Gasteiger partial charge in [-0.2, -0.15) is 0 Å². The molecule has 1 N–H and O–H groups in total. The second kappa shape index (κ2) is 11.6. The van der Waals surface area contributed by atoms with Gasteiger partial charge in [0.2, 0.25) is 26.0 Å². The molecular formula is C22H31N3O8S2. The van der Waals surface area contributed by atoms with Crippen molar-refractivity contribution in [2.45, 2.75) is 17.9 Å². The maximum atomic E-state index is 12.7. The fraction of sp³-hybridized carbons (Fsp3) is 0.409. The van der Waals surface area contributed by atoms with Gasteiger partial charge in [0.05, 0.1) is 37.6 Å². The first-order valence-corrected chi connectivity index (χ1v) is 13.8. The third kappa shape index (κ3) is 6.99. The van der Waals surface area contributed by atoms with Crippen molar-refractivity contribution in [2.24, 2.45) is 0 Å². The summed E-state index contributed by atoms with van der Waals surface area (Å²) in [6, 6.07) is 9.39. The molecule has 194 valence electrons. The summed E-state index contributed by atoms with van der Waals surface area (Å²) in [5, 5.41) is 2.65. The molecule has 0 bridgehead atoms. The third-order valence-electron chi connectivity index (χ3n) is 4.98. The van der Waals surface area contributed by atoms with Gasteiger partial charge in [0.15, 0.2) is 11.5 Å². The van der Waals surface area contributed by atoms with Crippen LogP contribution in [-0.2, 0) is 24.8 Å². The summed E-state index contributed by atoms with van der Waals surface area (Å²) < 4.78 is 67.3. The van der Waals surface area contributed by atoms with Crippen LogP contribution in [0.1, 0.15) is 6.92 Å². The number of amides is 1. The molecule has 1 unspecified atom stereocenters. The van der Waals surface area contributed by atoms with Gasteiger partial charge < -0.3 is 19.5 Å². The van der Waals surface area contributed by atoms with Crippen LogP contribution in [0, 0.1) is 0 Å². The van der Waals surface area contributed by atoms with Crippen molar-refractivity contribution in [3.05, 3.63) is 42.5 Å². The quantitative estimate of drug-likeness (QED) is 0.407. The lowest BCUT2D eigenvalue weighted by atomic mass is 10.2. The number of benzene rings is 2. The van der Waals surface area contributed by atoms with E-state index in [9.17, 15) is 21.6 Å². The first-order valence-electron chi connectivity index (χ1n) is 10.5. The van der Waals surface area contributed by atoms with E-state index in [2.05, 4.69) is 5.32 Å². The van der Waals surface area contributed by atoms with E-state index in [-0.39, 0.29) is 23.7 Å². The van der Waals surface area contributed by atoms with Gasteiger partial charge in [-0.3, -0.25) is 9.10 Å². The van der Waals surface area contributed by atoms with Crippen molar-refractivity contribution in [1.82, 2.24) is 9.62 Å². The van der Waals surface area contributed by atoms with Gasteiger partial charge in [-0.1, -0.05) is 0 Å². The Balaban J connectivity index is 2.02. The van der Waals surface area contributed by atoms with Crippen LogP contribution in [-0.4, -0.2) is 80.8 Å². The largest absolute Gasteiger partial charge is 0.493 e. The van der Waals surface area contributed by atoms with E-state index < -0.39 is 32.0 Å². The number of rotatable bonds is 12. The van der Waals surface area contributed by atoms with Crippen molar-refractivity contribution >= 4 is 31.6 Å². The van der Waals surface area contributed by atoms with Crippen LogP contribution in [0.4, 0.5) is 5.69 Å². The summed E-state index contributed by atoms with van der Waals surface area (Å²) in [5.74, 6) is 0.643. The number of nitrogens with zero attached hydrogens (tertiary/aromatic N) is 2. The predicted octanol–water partition coefficient (Wildman–Crippen LogP) is 1.30. The zero-order chi connectivity index (χ0) is 26.4. The highest BCUT2D eigenvalue weighted by atomic mass is 32.2. The molecule has 0 aliphatic heterocycles. The van der Waals surface area contributed by atoms with Crippen LogP contribution in [0.25, 0.3) is 0 Å². The minimum absolute atomic E-state index is 0.0907. The molecule has 0 aliphatic carbocycles. The number of carbonyl (C=O) groups is 1. The highest BCUT2D eigenvalue weighted by Gasteiger charge is 2.29. The summed E-state index contributed by atoms with van der Waals surface area (Å²) in [6.45, 7) is 1.66. The number of sulfonamides is 2. The molecule has 11 nitrogen and oxygen atoms in total. The van der Waals surface area contributed by atoms with Crippen molar-refractivity contribution in [2.75, 3.05) is 52.0 Å². The molecule has 2 aromatic rings. The minimum Gasteiger partial charge on any atom is -0.493 e. The average molecular weight is 530 g/mol. The third-order valence-corrected chi connectivity index (χ3v) is 8.05. The van der Waals surface area contributed by atoms with Gasteiger partial charge >= 0.3 is 0 Å². The fourth-order valence-corrected chi connectivity index (χ4v) is 5.25. The smallest absolute Gasteiger partial charge is 0.243 e. The van der Waals surface area contributed by atoms with Gasteiger partial charge in [-0.15, -0.1) is 0 Å². The number of carbonyl (C=O) groups excluding carboxylic acids is 1. The van der Waals surface area contributed by atoms with E-state index in [0.717, 1.165) is 14.9 Å². The molecular weight excluding hydrogens is 498 g/mol. The first-order chi connectivity index (χ1) is 16.3. The molecule has 2 aromatic carbocycles. The van der Waals surface area contributed by atoms with Gasteiger partial charge in [0.25, 0.3) is 0 Å². The summed E-state index contributed by atoms with van der Waals surface area (Å²) in [4.78, 5) is 12.8. The van der Waals surface area contributed by atoms with Crippen LogP contribution in [0.3, 0.4) is 0 Å². The highest BCUT2D eigenvalue weighted by molar-refractivity contribution is 7.92. The molecule has 0 saturated carbocycles. The van der Waals surface area contributed by atoms with Gasteiger partial charge in [0, 0.05) is 20.2 Å². The molecule has 0 heterocycles. The number of hydrogen-bond donors (Lipinski definition) is 1. The number of hydrogen-bond acceptors (Lipinski definition) is 8. The topological polar surface area (TPSA) is 132 Å². The Bertz CT molecular complexity index is 1230. The molecule has 1 amide bonds. The zero-order valence-electron chi connectivity index (χ0n) is 20.5. The van der Waals surface area contributed by atoms with Crippen molar-refractivity contribution < 1.29 is 35.8 Å². The predicted molar refractivity (Wildman–Crippen MR) is 132 cm³/mol. The summed E-state index contributed by atoms with van der Waals surface area (Å²) >= 11 is 0. The van der Waals surface area contributed by atoms with Gasteiger partial charge in [-0.25, -0.2) is 21.1 Å². The van der Waals surface area contributed by atoms with Crippen LogP contribution in [0.2, 0.25) is 0 Å². The Labute approximate surface area is 206 Å². The maximum absolute atomic E-state index is 12.7. The van der Waals surface area contributed by atoms with Crippen molar-refractivity contribution in [3.63, 3.8) is 0 Å². The van der Waals surface area contributed by atoms with Crippen molar-refractivity contribution in [1.29, 1.82) is 0 Å². The Kier molecular flexibility index (Phi) is 9.35. The Morgan fingerprint density at radius 1 is 0.971 bits per heavy atom. The lowest BCUT2D eigenvalue weighted by Gasteiger charge is -2.28. The van der Waals surface area contributed by atoms with Gasteiger partial charge in [0.1, 0.15) is 18.4 Å². The molecule has 0 radical (unpaired) electrons. The van der Waals surface area contributed by atoms with E-state index in [0.29, 0.717) is 17.2 Å². The number of methoxy groups -OCH3 is 2. The number of nitrogens with one attached hydrogen (secondary N) is 1. The number of anilines is 1. The molecule has 0 saturated heterocycles. The van der Waals surface area contributed by atoms with Crippen LogP contribution >= 0.6 is 0 Å². The monoisotopic (exact) mass is 529 g/mol. The van der Waals surface area contributed by atoms with E-state index >= 15 is 0 Å². The summed E-state index contributed by atoms with van der Waals surface area (Å²) in [7, 11) is -1.57. The average Bonchev–Trinajstić information content (AvgIpc) is 2.80. The molecule has 2 rings (SSSR count). The van der Waals surface area contributed by atoms with E-state index in [1.54, 1.807) is 6.07 Å². The van der Waals surface area contributed by atoms with E-state index in [1.165, 1.54) is 71.6 Å².